The van der Waals surface area contributed by atoms with Crippen molar-refractivity contribution in [1.29, 1.82) is 0 Å². The van der Waals surface area contributed by atoms with Gasteiger partial charge in [-0.1, -0.05) is 0 Å². The summed E-state index contributed by atoms with van der Waals surface area (Å²) in [5.74, 6) is 0.891. The molecule has 3 aliphatic heterocycles. The summed E-state index contributed by atoms with van der Waals surface area (Å²) in [6, 6.07) is 4.14. The number of methoxy groups -OCH3 is 1. The van der Waals surface area contributed by atoms with Crippen LogP contribution in [0.2, 0.25) is 0 Å². The Kier molecular flexibility index (Phi) is 8.80. The number of ether oxygens (including phenoxy) is 3. The molecule has 0 radical (unpaired) electrons. The number of fused-ring (bicyclic) bond motifs is 2. The SMILES string of the molecule is CCOc1cc(C)c(CCCOC)c(-c2ncc3c(N4CCCC5(CC(O)C5)C4)nc(OCC45CCCN4CCC5)nc3c2F)c1. The van der Waals surface area contributed by atoms with Crippen LogP contribution in [-0.2, 0) is 11.2 Å². The Morgan fingerprint density at radius 1 is 1.04 bits per heavy atom. The van der Waals surface area contributed by atoms with E-state index >= 15 is 4.39 Å². The number of halogens is 1. The van der Waals surface area contributed by atoms with Crippen LogP contribution in [0.15, 0.2) is 18.3 Å². The number of nitrogens with zero attached hydrogens (tertiary/aromatic N) is 5. The molecule has 248 valence electrons. The maximum Gasteiger partial charge on any atom is 0.319 e. The van der Waals surface area contributed by atoms with Crippen LogP contribution in [0.4, 0.5) is 10.2 Å². The van der Waals surface area contributed by atoms with Crippen LogP contribution < -0.4 is 14.4 Å². The smallest absolute Gasteiger partial charge is 0.319 e. The fraction of sp³-hybridized carbons (Fsp3) is 0.639. The quantitative estimate of drug-likeness (QED) is 0.261. The van der Waals surface area contributed by atoms with Gasteiger partial charge in [0.25, 0.3) is 0 Å². The van der Waals surface area contributed by atoms with Crippen molar-refractivity contribution in [2.45, 2.75) is 89.7 Å². The van der Waals surface area contributed by atoms with E-state index in [4.69, 9.17) is 29.2 Å². The number of hydrogen-bond donors (Lipinski definition) is 1. The highest BCUT2D eigenvalue weighted by Crippen LogP contribution is 2.49. The summed E-state index contributed by atoms with van der Waals surface area (Å²) in [4.78, 5) is 19.3. The highest BCUT2D eigenvalue weighted by molar-refractivity contribution is 5.92. The van der Waals surface area contributed by atoms with Crippen LogP contribution >= 0.6 is 0 Å². The number of rotatable bonds is 11. The minimum Gasteiger partial charge on any atom is -0.494 e. The van der Waals surface area contributed by atoms with Crippen molar-refractivity contribution >= 4 is 16.7 Å². The van der Waals surface area contributed by atoms with E-state index in [9.17, 15) is 5.11 Å². The maximum atomic E-state index is 17.0. The lowest BCUT2D eigenvalue weighted by molar-refractivity contribution is -0.0396. The van der Waals surface area contributed by atoms with Gasteiger partial charge in [0, 0.05) is 38.6 Å². The number of benzene rings is 1. The Bertz CT molecular complexity index is 1560. The van der Waals surface area contributed by atoms with E-state index in [1.165, 1.54) is 12.8 Å². The lowest BCUT2D eigenvalue weighted by Gasteiger charge is -2.51. The standard InChI is InChI=1S/C36H48FN5O4/c1-4-45-26-17-24(2)27(9-5-16-44-3)28(18-26)31-30(37)32-29(21-38-31)33(41-13-6-10-35(22-41)19-25(43)20-35)40-34(39-32)46-23-36-11-7-14-42(36)15-8-12-36/h17-18,21,25,43H,4-16,19-20,22-23H2,1-3H3. The number of hydrogen-bond acceptors (Lipinski definition) is 9. The first-order valence-corrected chi connectivity index (χ1v) is 17.3. The van der Waals surface area contributed by atoms with Crippen molar-refractivity contribution < 1.29 is 23.7 Å². The molecule has 1 spiro atoms. The van der Waals surface area contributed by atoms with Crippen molar-refractivity contribution in [2.24, 2.45) is 5.41 Å². The molecular weight excluding hydrogens is 585 g/mol. The summed E-state index contributed by atoms with van der Waals surface area (Å²) in [5.41, 5.74) is 3.36. The highest BCUT2D eigenvalue weighted by atomic mass is 19.1. The number of anilines is 1. The van der Waals surface area contributed by atoms with Crippen molar-refractivity contribution in [1.82, 2.24) is 19.9 Å². The Morgan fingerprint density at radius 2 is 1.83 bits per heavy atom. The second-order valence-electron chi connectivity index (χ2n) is 14.1. The van der Waals surface area contributed by atoms with E-state index in [1.54, 1.807) is 13.3 Å². The van der Waals surface area contributed by atoms with E-state index in [-0.39, 0.29) is 34.3 Å². The molecule has 1 saturated carbocycles. The molecule has 3 aromatic rings. The summed E-state index contributed by atoms with van der Waals surface area (Å²) >= 11 is 0. The Balaban J connectivity index is 1.31. The van der Waals surface area contributed by atoms with Gasteiger partial charge in [-0.2, -0.15) is 9.97 Å². The summed E-state index contributed by atoms with van der Waals surface area (Å²) in [5, 5.41) is 10.8. The van der Waals surface area contributed by atoms with E-state index in [2.05, 4.69) is 9.80 Å². The van der Waals surface area contributed by atoms with Crippen molar-refractivity contribution in [2.75, 3.05) is 58.0 Å². The second-order valence-corrected chi connectivity index (χ2v) is 14.1. The van der Waals surface area contributed by atoms with Crippen LogP contribution in [0, 0.1) is 18.2 Å². The van der Waals surface area contributed by atoms with E-state index in [0.717, 1.165) is 88.7 Å². The first kappa shape index (κ1) is 31.5. The summed E-state index contributed by atoms with van der Waals surface area (Å²) in [7, 11) is 1.70. The van der Waals surface area contributed by atoms with Gasteiger partial charge in [0.2, 0.25) is 0 Å². The number of aliphatic hydroxyl groups excluding tert-OH is 1. The zero-order chi connectivity index (χ0) is 31.9. The topological polar surface area (TPSA) is 93.1 Å². The molecule has 5 heterocycles. The predicted molar refractivity (Wildman–Crippen MR) is 176 cm³/mol. The van der Waals surface area contributed by atoms with Crippen molar-refractivity contribution in [3.8, 4) is 23.0 Å². The molecule has 7 rings (SSSR count). The van der Waals surface area contributed by atoms with Crippen molar-refractivity contribution in [3.63, 3.8) is 0 Å². The van der Waals surface area contributed by atoms with E-state index in [1.807, 2.05) is 26.0 Å². The fourth-order valence-electron chi connectivity index (χ4n) is 8.81. The molecule has 46 heavy (non-hydrogen) atoms. The van der Waals surface area contributed by atoms with Gasteiger partial charge < -0.3 is 24.2 Å². The second kappa shape index (κ2) is 12.8. The normalized spacial score (nSPS) is 24.0. The number of piperidine rings is 1. The zero-order valence-corrected chi connectivity index (χ0v) is 27.6. The Labute approximate surface area is 271 Å². The van der Waals surface area contributed by atoms with Crippen LogP contribution in [0.3, 0.4) is 0 Å². The molecule has 1 N–H and O–H groups in total. The van der Waals surface area contributed by atoms with Crippen LogP contribution in [0.5, 0.6) is 11.8 Å². The number of aliphatic hydroxyl groups is 1. The fourth-order valence-corrected chi connectivity index (χ4v) is 8.81. The molecule has 0 unspecified atom stereocenters. The average molecular weight is 634 g/mol. The molecule has 2 aromatic heterocycles. The Hall–Kier alpha value is -3.08. The molecule has 0 bridgehead atoms. The molecule has 4 aliphatic rings. The maximum absolute atomic E-state index is 17.0. The predicted octanol–water partition coefficient (Wildman–Crippen LogP) is 5.87. The minimum atomic E-state index is -0.473. The van der Waals surface area contributed by atoms with Gasteiger partial charge in [-0.25, -0.2) is 4.39 Å². The third kappa shape index (κ3) is 5.81. The van der Waals surface area contributed by atoms with Gasteiger partial charge >= 0.3 is 6.01 Å². The summed E-state index contributed by atoms with van der Waals surface area (Å²) < 4.78 is 34.7. The molecule has 3 saturated heterocycles. The molecule has 1 aromatic carbocycles. The molecule has 4 fully saturated rings. The van der Waals surface area contributed by atoms with Gasteiger partial charge in [-0.3, -0.25) is 9.88 Å². The summed E-state index contributed by atoms with van der Waals surface area (Å²) in [6.45, 7) is 9.41. The van der Waals surface area contributed by atoms with Gasteiger partial charge in [-0.15, -0.1) is 0 Å². The van der Waals surface area contributed by atoms with Crippen molar-refractivity contribution in [3.05, 3.63) is 35.3 Å². The van der Waals surface area contributed by atoms with Gasteiger partial charge in [0.15, 0.2) is 5.82 Å². The zero-order valence-electron chi connectivity index (χ0n) is 27.6. The third-order valence-corrected chi connectivity index (χ3v) is 11.0. The number of pyridine rings is 1. The first-order valence-electron chi connectivity index (χ1n) is 17.3. The van der Waals surface area contributed by atoms with Gasteiger partial charge in [-0.05, 0) is 120 Å². The lowest BCUT2D eigenvalue weighted by Crippen LogP contribution is -2.52. The van der Waals surface area contributed by atoms with Gasteiger partial charge in [0.1, 0.15) is 29.4 Å². The molecular formula is C36H48FN5O4. The molecule has 1 aliphatic carbocycles. The number of aryl methyl sites for hydroxylation is 1. The number of aromatic nitrogens is 3. The molecule has 0 atom stereocenters. The average Bonchev–Trinajstić information content (AvgIpc) is 3.61. The van der Waals surface area contributed by atoms with Crippen LogP contribution in [0.25, 0.3) is 22.2 Å². The highest BCUT2D eigenvalue weighted by Gasteiger charge is 2.47. The van der Waals surface area contributed by atoms with Crippen LogP contribution in [0.1, 0.15) is 75.8 Å². The monoisotopic (exact) mass is 633 g/mol. The minimum absolute atomic E-state index is 0.0199. The molecule has 10 heteroatoms. The molecule has 9 nitrogen and oxygen atoms in total. The Morgan fingerprint density at radius 3 is 2.57 bits per heavy atom. The van der Waals surface area contributed by atoms with E-state index < -0.39 is 5.82 Å². The first-order chi connectivity index (χ1) is 22.3. The van der Waals surface area contributed by atoms with E-state index in [0.29, 0.717) is 42.3 Å². The largest absolute Gasteiger partial charge is 0.494 e. The third-order valence-electron chi connectivity index (χ3n) is 11.0. The summed E-state index contributed by atoms with van der Waals surface area (Å²) in [6.07, 6.45) is 11.3. The molecule has 0 amide bonds. The van der Waals surface area contributed by atoms with Crippen LogP contribution in [-0.4, -0.2) is 89.7 Å². The lowest BCUT2D eigenvalue weighted by atomic mass is 9.62. The van der Waals surface area contributed by atoms with Gasteiger partial charge in [0.05, 0.1) is 23.6 Å².